The van der Waals surface area contributed by atoms with Gasteiger partial charge in [0.15, 0.2) is 0 Å². The summed E-state index contributed by atoms with van der Waals surface area (Å²) in [5, 5.41) is 0.615. The molecule has 2 saturated carbocycles. The monoisotopic (exact) mass is 347 g/mol. The summed E-state index contributed by atoms with van der Waals surface area (Å²) >= 11 is 11.7. The van der Waals surface area contributed by atoms with Crippen LogP contribution in [0.5, 0.6) is 0 Å². The first-order valence-corrected chi connectivity index (χ1v) is 9.58. The molecule has 0 heterocycles. The molecule has 116 valence electrons. The molecule has 2 aliphatic rings. The maximum absolute atomic E-state index is 12.5. The van der Waals surface area contributed by atoms with E-state index in [0.29, 0.717) is 16.9 Å². The highest BCUT2D eigenvalue weighted by molar-refractivity contribution is 7.89. The van der Waals surface area contributed by atoms with Gasteiger partial charge in [-0.15, -0.1) is 0 Å². The Labute approximate surface area is 136 Å². The first-order valence-electron chi connectivity index (χ1n) is 7.34. The molecule has 3 nitrogen and oxygen atoms in total. The summed E-state index contributed by atoms with van der Waals surface area (Å²) in [5.41, 5.74) is 0. The minimum atomic E-state index is -3.55. The molecule has 0 aromatic heterocycles. The lowest BCUT2D eigenvalue weighted by molar-refractivity contribution is 0.280. The topological polar surface area (TPSA) is 46.2 Å². The number of sulfonamides is 1. The molecule has 0 spiro atoms. The molecule has 0 amide bonds. The Kier molecular flexibility index (Phi) is 4.25. The average Bonchev–Trinajstić information content (AvgIpc) is 3.03. The summed E-state index contributed by atoms with van der Waals surface area (Å²) in [6.07, 6.45) is 4.97. The Hall–Kier alpha value is -0.290. The second kappa shape index (κ2) is 5.73. The number of benzene rings is 1. The quantitative estimate of drug-likeness (QED) is 0.891. The van der Waals surface area contributed by atoms with Gasteiger partial charge in [0.05, 0.1) is 14.9 Å². The Morgan fingerprint density at radius 1 is 1.19 bits per heavy atom. The molecule has 1 N–H and O–H groups in total. The number of nitrogens with one attached hydrogen (secondary N) is 1. The van der Waals surface area contributed by atoms with Crippen molar-refractivity contribution in [2.24, 2.45) is 17.8 Å². The van der Waals surface area contributed by atoms with Crippen molar-refractivity contribution in [1.29, 1.82) is 0 Å². The minimum Gasteiger partial charge on any atom is -0.208 e. The van der Waals surface area contributed by atoms with E-state index in [1.807, 2.05) is 6.92 Å². The number of rotatable bonds is 4. The summed E-state index contributed by atoms with van der Waals surface area (Å²) in [6, 6.07) is 4.37. The van der Waals surface area contributed by atoms with Gasteiger partial charge in [0.1, 0.15) is 0 Å². The molecule has 0 radical (unpaired) electrons. The van der Waals surface area contributed by atoms with E-state index in [1.165, 1.54) is 37.5 Å². The first kappa shape index (κ1) is 15.6. The van der Waals surface area contributed by atoms with E-state index in [-0.39, 0.29) is 16.0 Å². The number of hydrogen-bond donors (Lipinski definition) is 1. The van der Waals surface area contributed by atoms with Gasteiger partial charge in [0.25, 0.3) is 0 Å². The van der Waals surface area contributed by atoms with Crippen LogP contribution in [0.1, 0.15) is 32.6 Å². The highest BCUT2D eigenvalue weighted by Gasteiger charge is 2.42. The molecule has 1 aromatic carbocycles. The summed E-state index contributed by atoms with van der Waals surface area (Å²) in [4.78, 5) is 0.173. The third kappa shape index (κ3) is 3.09. The highest BCUT2D eigenvalue weighted by atomic mass is 35.5. The molecule has 2 fully saturated rings. The van der Waals surface area contributed by atoms with Gasteiger partial charge >= 0.3 is 0 Å². The summed E-state index contributed by atoms with van der Waals surface area (Å²) < 4.78 is 27.7. The van der Waals surface area contributed by atoms with Gasteiger partial charge in [-0.2, -0.15) is 0 Å². The average molecular weight is 348 g/mol. The third-order valence-electron chi connectivity index (χ3n) is 4.98. The van der Waals surface area contributed by atoms with Gasteiger partial charge in [-0.3, -0.25) is 0 Å². The largest absolute Gasteiger partial charge is 0.240 e. The third-order valence-corrected chi connectivity index (χ3v) is 7.27. The van der Waals surface area contributed by atoms with E-state index in [4.69, 9.17) is 23.2 Å². The molecule has 1 aromatic rings. The smallest absolute Gasteiger partial charge is 0.208 e. The van der Waals surface area contributed by atoms with Crippen LogP contribution in [0.2, 0.25) is 10.0 Å². The molecule has 21 heavy (non-hydrogen) atoms. The Morgan fingerprint density at radius 2 is 1.95 bits per heavy atom. The Morgan fingerprint density at radius 3 is 2.52 bits per heavy atom. The van der Waals surface area contributed by atoms with Gasteiger partial charge in [0.2, 0.25) is 10.0 Å². The summed E-state index contributed by atoms with van der Waals surface area (Å²) in [5.74, 6) is 1.94. The SMILES string of the molecule is C[C@@H](NS(=O)(=O)c1ccc(Cl)c(Cl)c1)[C@H]1C[C@H]2CC[C@H]1C2. The van der Waals surface area contributed by atoms with Gasteiger partial charge in [-0.25, -0.2) is 13.1 Å². The van der Waals surface area contributed by atoms with Crippen molar-refractivity contribution in [2.75, 3.05) is 0 Å². The highest BCUT2D eigenvalue weighted by Crippen LogP contribution is 2.49. The maximum Gasteiger partial charge on any atom is 0.240 e. The van der Waals surface area contributed by atoms with Gasteiger partial charge < -0.3 is 0 Å². The standard InChI is InChI=1S/C15H19Cl2NO2S/c1-9(13-7-10-2-3-11(13)6-10)18-21(19,20)12-4-5-14(16)15(17)8-12/h4-5,8-11,13,18H,2-3,6-7H2,1H3/t9-,10+,11+,13-/m1/s1. The van der Waals surface area contributed by atoms with Gasteiger partial charge in [-0.1, -0.05) is 29.6 Å². The van der Waals surface area contributed by atoms with Crippen molar-refractivity contribution in [3.63, 3.8) is 0 Å². The van der Waals surface area contributed by atoms with Crippen LogP contribution >= 0.6 is 23.2 Å². The van der Waals surface area contributed by atoms with Gasteiger partial charge in [-0.05, 0) is 62.1 Å². The van der Waals surface area contributed by atoms with E-state index in [0.717, 1.165) is 12.3 Å². The lowest BCUT2D eigenvalue weighted by atomic mass is 9.84. The fourth-order valence-corrected chi connectivity index (χ4v) is 5.63. The molecule has 3 rings (SSSR count). The van der Waals surface area contributed by atoms with Crippen LogP contribution in [-0.4, -0.2) is 14.5 Å². The van der Waals surface area contributed by atoms with Crippen molar-refractivity contribution in [3.05, 3.63) is 28.2 Å². The van der Waals surface area contributed by atoms with Crippen molar-refractivity contribution >= 4 is 33.2 Å². The van der Waals surface area contributed by atoms with E-state index in [2.05, 4.69) is 4.72 Å². The molecule has 4 atom stereocenters. The fourth-order valence-electron chi connectivity index (χ4n) is 3.95. The lowest BCUT2D eigenvalue weighted by Gasteiger charge is -2.28. The normalized spacial score (nSPS) is 29.8. The van der Waals surface area contributed by atoms with Crippen molar-refractivity contribution < 1.29 is 8.42 Å². The maximum atomic E-state index is 12.5. The number of hydrogen-bond acceptors (Lipinski definition) is 2. The van der Waals surface area contributed by atoms with Crippen LogP contribution in [0, 0.1) is 17.8 Å². The van der Waals surface area contributed by atoms with Crippen LogP contribution in [0.15, 0.2) is 23.1 Å². The predicted octanol–water partition coefficient (Wildman–Crippen LogP) is 4.10. The predicted molar refractivity (Wildman–Crippen MR) is 85.2 cm³/mol. The molecule has 0 unspecified atom stereocenters. The fraction of sp³-hybridized carbons (Fsp3) is 0.600. The van der Waals surface area contributed by atoms with Crippen LogP contribution in [0.4, 0.5) is 0 Å². The summed E-state index contributed by atoms with van der Waals surface area (Å²) in [7, 11) is -3.55. The van der Waals surface area contributed by atoms with Gasteiger partial charge in [0, 0.05) is 6.04 Å². The molecular weight excluding hydrogens is 329 g/mol. The summed E-state index contributed by atoms with van der Waals surface area (Å²) in [6.45, 7) is 1.97. The van der Waals surface area contributed by atoms with E-state index in [9.17, 15) is 8.42 Å². The van der Waals surface area contributed by atoms with Crippen molar-refractivity contribution in [2.45, 2.75) is 43.5 Å². The number of halogens is 2. The van der Waals surface area contributed by atoms with Crippen molar-refractivity contribution in [3.8, 4) is 0 Å². The Balaban J connectivity index is 1.75. The van der Waals surface area contributed by atoms with Crippen LogP contribution < -0.4 is 4.72 Å². The van der Waals surface area contributed by atoms with Crippen molar-refractivity contribution in [1.82, 2.24) is 4.72 Å². The van der Waals surface area contributed by atoms with Crippen LogP contribution in [0.25, 0.3) is 0 Å². The molecule has 0 saturated heterocycles. The molecule has 2 bridgehead atoms. The zero-order valence-electron chi connectivity index (χ0n) is 11.9. The first-order chi connectivity index (χ1) is 9.87. The molecule has 6 heteroatoms. The Bertz CT molecular complexity index is 647. The minimum absolute atomic E-state index is 0.0419. The molecule has 2 aliphatic carbocycles. The zero-order valence-corrected chi connectivity index (χ0v) is 14.2. The van der Waals surface area contributed by atoms with E-state index in [1.54, 1.807) is 0 Å². The molecule has 0 aliphatic heterocycles. The second-order valence-corrected chi connectivity index (χ2v) is 8.85. The number of fused-ring (bicyclic) bond motifs is 2. The second-order valence-electron chi connectivity index (χ2n) is 6.32. The van der Waals surface area contributed by atoms with E-state index >= 15 is 0 Å². The van der Waals surface area contributed by atoms with Crippen LogP contribution in [0.3, 0.4) is 0 Å². The van der Waals surface area contributed by atoms with Crippen LogP contribution in [-0.2, 0) is 10.0 Å². The molecular formula is C15H19Cl2NO2S. The lowest BCUT2D eigenvalue weighted by Crippen LogP contribution is -2.40. The zero-order chi connectivity index (χ0) is 15.2. The van der Waals surface area contributed by atoms with E-state index < -0.39 is 10.0 Å².